The standard InChI is InChI=1S/C24H26FN3O3/c1-15-7-8-17(11-16(15)2)27-23(29)6-4-10-31-22-13-21-19(12-20(22)25)24(30)28-9-3-5-18(28)14-26-21/h7-8,11-14,18H,3-6,9-10H2,1-2H3,(H,27,29). The predicted molar refractivity (Wildman–Crippen MR) is 118 cm³/mol. The van der Waals surface area contributed by atoms with Gasteiger partial charge in [0.2, 0.25) is 5.91 Å². The fourth-order valence-electron chi connectivity index (χ4n) is 3.91. The molecule has 7 heteroatoms. The SMILES string of the molecule is Cc1ccc(NC(=O)CCCOc2cc3c(cc2F)C(=O)N2CCCC2C=N3)cc1C. The Bertz CT molecular complexity index is 1050. The molecule has 2 amide bonds. The zero-order valence-electron chi connectivity index (χ0n) is 17.8. The number of nitrogens with one attached hydrogen (secondary N) is 1. The molecular weight excluding hydrogens is 397 g/mol. The van der Waals surface area contributed by atoms with E-state index in [1.165, 1.54) is 17.7 Å². The first-order valence-electron chi connectivity index (χ1n) is 10.6. The fourth-order valence-corrected chi connectivity index (χ4v) is 3.91. The molecule has 1 saturated heterocycles. The van der Waals surface area contributed by atoms with Crippen LogP contribution in [-0.4, -0.2) is 42.1 Å². The largest absolute Gasteiger partial charge is 0.490 e. The second-order valence-corrected chi connectivity index (χ2v) is 8.09. The van der Waals surface area contributed by atoms with Crippen molar-refractivity contribution >= 4 is 29.4 Å². The maximum atomic E-state index is 14.5. The van der Waals surface area contributed by atoms with Crippen molar-refractivity contribution in [3.63, 3.8) is 0 Å². The molecule has 0 spiro atoms. The summed E-state index contributed by atoms with van der Waals surface area (Å²) in [5.74, 6) is -0.867. The highest BCUT2D eigenvalue weighted by Crippen LogP contribution is 2.33. The van der Waals surface area contributed by atoms with Crippen LogP contribution in [-0.2, 0) is 4.79 Å². The molecule has 1 fully saturated rings. The van der Waals surface area contributed by atoms with E-state index in [1.807, 2.05) is 32.0 Å². The van der Waals surface area contributed by atoms with Crippen molar-refractivity contribution in [3.05, 3.63) is 52.8 Å². The van der Waals surface area contributed by atoms with Gasteiger partial charge < -0.3 is 15.0 Å². The summed E-state index contributed by atoms with van der Waals surface area (Å²) in [7, 11) is 0. The summed E-state index contributed by atoms with van der Waals surface area (Å²) in [6.07, 6.45) is 4.26. The van der Waals surface area contributed by atoms with Crippen LogP contribution in [0.1, 0.15) is 47.2 Å². The molecule has 0 saturated carbocycles. The third-order valence-corrected chi connectivity index (χ3v) is 5.82. The summed E-state index contributed by atoms with van der Waals surface area (Å²) in [6, 6.07) is 8.42. The summed E-state index contributed by atoms with van der Waals surface area (Å²) in [4.78, 5) is 31.0. The van der Waals surface area contributed by atoms with Crippen LogP contribution in [0.5, 0.6) is 5.75 Å². The molecule has 1 N–H and O–H groups in total. The van der Waals surface area contributed by atoms with Crippen LogP contribution in [0.2, 0.25) is 0 Å². The number of fused-ring (bicyclic) bond motifs is 2. The molecule has 0 aliphatic carbocycles. The van der Waals surface area contributed by atoms with Crippen LogP contribution < -0.4 is 10.1 Å². The minimum absolute atomic E-state index is 0.0249. The Morgan fingerprint density at radius 3 is 2.90 bits per heavy atom. The van der Waals surface area contributed by atoms with Crippen molar-refractivity contribution in [3.8, 4) is 5.75 Å². The number of aliphatic imine (C=N–C) groups is 1. The number of halogens is 1. The second kappa shape index (κ2) is 8.88. The number of ether oxygens (including phenoxy) is 1. The number of anilines is 1. The Balaban J connectivity index is 1.33. The normalized spacial score (nSPS) is 17.2. The third kappa shape index (κ3) is 4.60. The predicted octanol–water partition coefficient (Wildman–Crippen LogP) is 4.56. The lowest BCUT2D eigenvalue weighted by Gasteiger charge is -2.20. The molecular formula is C24H26FN3O3. The van der Waals surface area contributed by atoms with E-state index >= 15 is 0 Å². The van der Waals surface area contributed by atoms with Gasteiger partial charge in [-0.3, -0.25) is 14.6 Å². The number of nitrogens with zero attached hydrogens (tertiary/aromatic N) is 2. The molecule has 0 aromatic heterocycles. The molecule has 2 aromatic carbocycles. The lowest BCUT2D eigenvalue weighted by Crippen LogP contribution is -2.35. The van der Waals surface area contributed by atoms with Crippen molar-refractivity contribution in [2.75, 3.05) is 18.5 Å². The van der Waals surface area contributed by atoms with E-state index in [-0.39, 0.29) is 42.2 Å². The van der Waals surface area contributed by atoms with Crippen LogP contribution in [0.15, 0.2) is 35.3 Å². The molecule has 31 heavy (non-hydrogen) atoms. The van der Waals surface area contributed by atoms with Gasteiger partial charge in [-0.05, 0) is 62.4 Å². The van der Waals surface area contributed by atoms with Gasteiger partial charge in [0.1, 0.15) is 0 Å². The molecule has 162 valence electrons. The minimum Gasteiger partial charge on any atom is -0.490 e. The van der Waals surface area contributed by atoms with Gasteiger partial charge in [0.15, 0.2) is 11.6 Å². The van der Waals surface area contributed by atoms with E-state index in [4.69, 9.17) is 4.74 Å². The number of amides is 2. The van der Waals surface area contributed by atoms with Crippen LogP contribution in [0, 0.1) is 19.7 Å². The summed E-state index contributed by atoms with van der Waals surface area (Å²) in [5.41, 5.74) is 3.72. The van der Waals surface area contributed by atoms with Gasteiger partial charge in [0.25, 0.3) is 5.91 Å². The number of aryl methyl sites for hydroxylation is 2. The highest BCUT2D eigenvalue weighted by Gasteiger charge is 2.32. The lowest BCUT2D eigenvalue weighted by atomic mass is 10.1. The van der Waals surface area contributed by atoms with Crippen molar-refractivity contribution < 1.29 is 18.7 Å². The molecule has 2 aliphatic heterocycles. The van der Waals surface area contributed by atoms with Crippen molar-refractivity contribution in [1.29, 1.82) is 0 Å². The molecule has 4 rings (SSSR count). The van der Waals surface area contributed by atoms with Crippen LogP contribution in [0.3, 0.4) is 0 Å². The van der Waals surface area contributed by atoms with Gasteiger partial charge in [-0.15, -0.1) is 0 Å². The number of carbonyl (C=O) groups is 2. The molecule has 2 aliphatic rings. The molecule has 0 radical (unpaired) electrons. The van der Waals surface area contributed by atoms with Crippen molar-refractivity contribution in [1.82, 2.24) is 4.90 Å². The minimum atomic E-state index is -0.598. The quantitative estimate of drug-likeness (QED) is 0.693. The number of carbonyl (C=O) groups excluding carboxylic acids is 2. The molecule has 1 atom stereocenters. The van der Waals surface area contributed by atoms with E-state index in [9.17, 15) is 14.0 Å². The number of hydrogen-bond acceptors (Lipinski definition) is 4. The van der Waals surface area contributed by atoms with Crippen molar-refractivity contribution in [2.45, 2.75) is 45.6 Å². The average molecular weight is 423 g/mol. The maximum absolute atomic E-state index is 14.5. The van der Waals surface area contributed by atoms with Gasteiger partial charge in [-0.1, -0.05) is 6.07 Å². The second-order valence-electron chi connectivity index (χ2n) is 8.09. The van der Waals surface area contributed by atoms with E-state index in [1.54, 1.807) is 11.1 Å². The highest BCUT2D eigenvalue weighted by molar-refractivity contribution is 6.03. The summed E-state index contributed by atoms with van der Waals surface area (Å²) in [6.45, 7) is 4.86. The van der Waals surface area contributed by atoms with Gasteiger partial charge in [0, 0.05) is 30.9 Å². The van der Waals surface area contributed by atoms with Gasteiger partial charge in [0.05, 0.1) is 23.9 Å². The van der Waals surface area contributed by atoms with E-state index < -0.39 is 5.82 Å². The first kappa shape index (κ1) is 21.0. The molecule has 6 nitrogen and oxygen atoms in total. The number of benzene rings is 2. The van der Waals surface area contributed by atoms with Crippen molar-refractivity contribution in [2.24, 2.45) is 4.99 Å². The number of rotatable bonds is 6. The van der Waals surface area contributed by atoms with E-state index in [0.29, 0.717) is 18.7 Å². The third-order valence-electron chi connectivity index (χ3n) is 5.82. The van der Waals surface area contributed by atoms with Gasteiger partial charge in [-0.2, -0.15) is 0 Å². The average Bonchev–Trinajstić information content (AvgIpc) is 3.17. The zero-order valence-corrected chi connectivity index (χ0v) is 17.8. The first-order valence-corrected chi connectivity index (χ1v) is 10.6. The molecule has 2 heterocycles. The first-order chi connectivity index (χ1) is 14.9. The van der Waals surface area contributed by atoms with E-state index in [2.05, 4.69) is 10.3 Å². The molecule has 2 aromatic rings. The Kier molecular flexibility index (Phi) is 6.02. The maximum Gasteiger partial charge on any atom is 0.256 e. The Labute approximate surface area is 181 Å². The lowest BCUT2D eigenvalue weighted by molar-refractivity contribution is -0.116. The highest BCUT2D eigenvalue weighted by atomic mass is 19.1. The van der Waals surface area contributed by atoms with Gasteiger partial charge >= 0.3 is 0 Å². The summed E-state index contributed by atoms with van der Waals surface area (Å²) >= 11 is 0. The number of hydrogen-bond donors (Lipinski definition) is 1. The fraction of sp³-hybridized carbons (Fsp3) is 0.375. The van der Waals surface area contributed by atoms with Gasteiger partial charge in [-0.25, -0.2) is 4.39 Å². The molecule has 1 unspecified atom stereocenters. The Hall–Kier alpha value is -3.22. The monoisotopic (exact) mass is 423 g/mol. The summed E-state index contributed by atoms with van der Waals surface area (Å²) in [5, 5.41) is 2.86. The van der Waals surface area contributed by atoms with Crippen LogP contribution >= 0.6 is 0 Å². The summed E-state index contributed by atoms with van der Waals surface area (Å²) < 4.78 is 20.1. The Morgan fingerprint density at radius 2 is 2.10 bits per heavy atom. The Morgan fingerprint density at radius 1 is 1.26 bits per heavy atom. The van der Waals surface area contributed by atoms with Crippen LogP contribution in [0.4, 0.5) is 15.8 Å². The smallest absolute Gasteiger partial charge is 0.256 e. The topological polar surface area (TPSA) is 71.0 Å². The van der Waals surface area contributed by atoms with E-state index in [0.717, 1.165) is 24.1 Å². The van der Waals surface area contributed by atoms with Crippen LogP contribution in [0.25, 0.3) is 0 Å². The zero-order chi connectivity index (χ0) is 22.0. The molecule has 0 bridgehead atoms.